The number of nitrogens with zero attached hydrogens (tertiary/aromatic N) is 2. The highest BCUT2D eigenvalue weighted by molar-refractivity contribution is 5.94. The molecule has 0 aliphatic heterocycles. The normalized spacial score (nSPS) is 12.5. The molecule has 0 saturated carbocycles. The molecule has 0 atom stereocenters. The molecule has 0 radical (unpaired) electrons. The first-order valence-electron chi connectivity index (χ1n) is 11.3. The van der Waals surface area contributed by atoms with Gasteiger partial charge in [-0.1, -0.05) is 36.4 Å². The van der Waals surface area contributed by atoms with Gasteiger partial charge < -0.3 is 5.32 Å². The lowest BCUT2D eigenvalue weighted by Gasteiger charge is -2.30. The summed E-state index contributed by atoms with van der Waals surface area (Å²) in [5.74, 6) is -0.0214. The zero-order valence-corrected chi connectivity index (χ0v) is 18.9. The molecular formula is C26H32N4O. The minimum absolute atomic E-state index is 0.0214. The molecule has 5 heteroatoms. The number of aromatic amines is 1. The van der Waals surface area contributed by atoms with Crippen LogP contribution in [0.3, 0.4) is 0 Å². The largest absolute Gasteiger partial charge is 0.352 e. The fourth-order valence-electron chi connectivity index (χ4n) is 4.57. The van der Waals surface area contributed by atoms with E-state index in [1.807, 2.05) is 24.3 Å². The maximum Gasteiger partial charge on any atom is 0.251 e. The first-order valence-corrected chi connectivity index (χ1v) is 11.3. The number of rotatable bonds is 8. The van der Waals surface area contributed by atoms with Crippen LogP contribution >= 0.6 is 0 Å². The van der Waals surface area contributed by atoms with Crippen LogP contribution in [0.25, 0.3) is 22.5 Å². The summed E-state index contributed by atoms with van der Waals surface area (Å²) in [5, 5.41) is 10.8. The SMILES string of the molecule is CC(C)N(CCCNC(=O)c1ccc(-c2n[nH]c3c2Cc2ccccc2-3)cc1)C(C)C. The molecule has 1 aromatic heterocycles. The van der Waals surface area contributed by atoms with Crippen LogP contribution in [0.15, 0.2) is 48.5 Å². The fourth-order valence-corrected chi connectivity index (χ4v) is 4.57. The van der Waals surface area contributed by atoms with Crippen LogP contribution in [0, 0.1) is 0 Å². The number of nitrogens with one attached hydrogen (secondary N) is 2. The molecule has 1 amide bonds. The molecule has 1 heterocycles. The molecule has 31 heavy (non-hydrogen) atoms. The molecule has 2 aromatic carbocycles. The average molecular weight is 417 g/mol. The molecule has 162 valence electrons. The Morgan fingerprint density at radius 1 is 1.06 bits per heavy atom. The van der Waals surface area contributed by atoms with Crippen LogP contribution in [-0.4, -0.2) is 46.2 Å². The lowest BCUT2D eigenvalue weighted by atomic mass is 10.0. The van der Waals surface area contributed by atoms with Crippen molar-refractivity contribution in [2.45, 2.75) is 52.6 Å². The second-order valence-corrected chi connectivity index (χ2v) is 8.87. The number of carbonyl (C=O) groups is 1. The van der Waals surface area contributed by atoms with Crippen LogP contribution in [0.1, 0.15) is 55.6 Å². The number of hydrogen-bond acceptors (Lipinski definition) is 3. The Morgan fingerprint density at radius 3 is 2.48 bits per heavy atom. The summed E-state index contributed by atoms with van der Waals surface area (Å²) < 4.78 is 0. The van der Waals surface area contributed by atoms with Gasteiger partial charge in [0.05, 0.1) is 11.4 Å². The Balaban J connectivity index is 1.36. The van der Waals surface area contributed by atoms with Crippen LogP contribution in [0.2, 0.25) is 0 Å². The fraction of sp³-hybridized carbons (Fsp3) is 0.385. The lowest BCUT2D eigenvalue weighted by Crippen LogP contribution is -2.39. The van der Waals surface area contributed by atoms with Crippen molar-refractivity contribution in [1.82, 2.24) is 20.4 Å². The van der Waals surface area contributed by atoms with E-state index in [-0.39, 0.29) is 5.91 Å². The highest BCUT2D eigenvalue weighted by atomic mass is 16.1. The van der Waals surface area contributed by atoms with Gasteiger partial charge in [0, 0.05) is 53.8 Å². The first kappa shape index (κ1) is 21.3. The van der Waals surface area contributed by atoms with E-state index in [0.717, 1.165) is 36.3 Å². The van der Waals surface area contributed by atoms with Crippen LogP contribution in [0.5, 0.6) is 0 Å². The van der Waals surface area contributed by atoms with E-state index in [1.165, 1.54) is 16.7 Å². The first-order chi connectivity index (χ1) is 15.0. The van der Waals surface area contributed by atoms with Gasteiger partial charge in [0.1, 0.15) is 0 Å². The quantitative estimate of drug-likeness (QED) is 0.402. The molecule has 0 saturated heterocycles. The topological polar surface area (TPSA) is 61.0 Å². The number of H-pyrrole nitrogens is 1. The van der Waals surface area contributed by atoms with Crippen LogP contribution in [-0.2, 0) is 6.42 Å². The summed E-state index contributed by atoms with van der Waals surface area (Å²) in [6, 6.07) is 17.2. The predicted octanol–water partition coefficient (Wildman–Crippen LogP) is 4.89. The second kappa shape index (κ2) is 9.06. The number of amides is 1. The Bertz CT molecular complexity index is 1040. The van der Waals surface area contributed by atoms with Crippen molar-refractivity contribution in [2.75, 3.05) is 13.1 Å². The minimum Gasteiger partial charge on any atom is -0.352 e. The van der Waals surface area contributed by atoms with E-state index in [0.29, 0.717) is 24.2 Å². The molecule has 4 rings (SSSR count). The third-order valence-electron chi connectivity index (χ3n) is 6.15. The maximum atomic E-state index is 12.5. The van der Waals surface area contributed by atoms with E-state index >= 15 is 0 Å². The number of aromatic nitrogens is 2. The van der Waals surface area contributed by atoms with Gasteiger partial charge in [0.2, 0.25) is 0 Å². The van der Waals surface area contributed by atoms with Gasteiger partial charge in [-0.25, -0.2) is 0 Å². The van der Waals surface area contributed by atoms with E-state index in [1.54, 1.807) is 0 Å². The van der Waals surface area contributed by atoms with Gasteiger partial charge >= 0.3 is 0 Å². The third kappa shape index (κ3) is 4.42. The Labute approximate surface area is 184 Å². The van der Waals surface area contributed by atoms with Gasteiger partial charge in [0.15, 0.2) is 0 Å². The van der Waals surface area contributed by atoms with Crippen molar-refractivity contribution >= 4 is 5.91 Å². The number of carbonyl (C=O) groups excluding carboxylic acids is 1. The van der Waals surface area contributed by atoms with Gasteiger partial charge in [-0.2, -0.15) is 5.10 Å². The predicted molar refractivity (Wildman–Crippen MR) is 126 cm³/mol. The van der Waals surface area contributed by atoms with Crippen molar-refractivity contribution in [3.8, 4) is 22.5 Å². The Hall–Kier alpha value is -2.92. The van der Waals surface area contributed by atoms with Gasteiger partial charge in [-0.15, -0.1) is 0 Å². The summed E-state index contributed by atoms with van der Waals surface area (Å²) >= 11 is 0. The van der Waals surface area contributed by atoms with E-state index in [9.17, 15) is 4.79 Å². The molecule has 5 nitrogen and oxygen atoms in total. The standard InChI is InChI=1S/C26H32N4O/c1-17(2)30(18(3)4)15-7-14-27-26(31)20-12-10-19(11-13-20)24-23-16-21-8-5-6-9-22(21)25(23)29-28-24/h5-6,8-13,17-18H,7,14-16H2,1-4H3,(H,27,31)(H,28,29). The summed E-state index contributed by atoms with van der Waals surface area (Å²) in [4.78, 5) is 15.0. The highest BCUT2D eigenvalue weighted by Gasteiger charge is 2.24. The maximum absolute atomic E-state index is 12.5. The molecule has 0 bridgehead atoms. The molecule has 0 fully saturated rings. The van der Waals surface area contributed by atoms with Crippen molar-refractivity contribution in [2.24, 2.45) is 0 Å². The average Bonchev–Trinajstić information content (AvgIpc) is 3.32. The van der Waals surface area contributed by atoms with Gasteiger partial charge in [-0.3, -0.25) is 14.8 Å². The monoisotopic (exact) mass is 416 g/mol. The van der Waals surface area contributed by atoms with E-state index < -0.39 is 0 Å². The molecule has 3 aromatic rings. The summed E-state index contributed by atoms with van der Waals surface area (Å²) in [6.45, 7) is 10.5. The van der Waals surface area contributed by atoms with Gasteiger partial charge in [0.25, 0.3) is 5.91 Å². The second-order valence-electron chi connectivity index (χ2n) is 8.87. The van der Waals surface area contributed by atoms with Crippen LogP contribution < -0.4 is 5.32 Å². The molecule has 1 aliphatic rings. The smallest absolute Gasteiger partial charge is 0.251 e. The van der Waals surface area contributed by atoms with E-state index in [2.05, 4.69) is 72.4 Å². The zero-order valence-electron chi connectivity index (χ0n) is 18.9. The number of fused-ring (bicyclic) bond motifs is 3. The highest BCUT2D eigenvalue weighted by Crippen LogP contribution is 2.39. The lowest BCUT2D eigenvalue weighted by molar-refractivity contribution is 0.0949. The summed E-state index contributed by atoms with van der Waals surface area (Å²) in [5.41, 5.74) is 7.61. The van der Waals surface area contributed by atoms with Gasteiger partial charge in [-0.05, 0) is 51.8 Å². The molecule has 0 unspecified atom stereocenters. The van der Waals surface area contributed by atoms with Crippen molar-refractivity contribution in [3.63, 3.8) is 0 Å². The van der Waals surface area contributed by atoms with Crippen LogP contribution in [0.4, 0.5) is 0 Å². The molecule has 2 N–H and O–H groups in total. The van der Waals surface area contributed by atoms with Crippen molar-refractivity contribution in [3.05, 3.63) is 65.2 Å². The molecule has 0 spiro atoms. The number of benzene rings is 2. The summed E-state index contributed by atoms with van der Waals surface area (Å²) in [6.07, 6.45) is 1.84. The Morgan fingerprint density at radius 2 is 1.77 bits per heavy atom. The van der Waals surface area contributed by atoms with Crippen molar-refractivity contribution < 1.29 is 4.79 Å². The van der Waals surface area contributed by atoms with Crippen molar-refractivity contribution in [1.29, 1.82) is 0 Å². The molecule has 1 aliphatic carbocycles. The zero-order chi connectivity index (χ0) is 22.0. The minimum atomic E-state index is -0.0214. The molecular weight excluding hydrogens is 384 g/mol. The Kier molecular flexibility index (Phi) is 6.23. The summed E-state index contributed by atoms with van der Waals surface area (Å²) in [7, 11) is 0. The third-order valence-corrected chi connectivity index (χ3v) is 6.15. The number of hydrogen-bond donors (Lipinski definition) is 2. The van der Waals surface area contributed by atoms with E-state index in [4.69, 9.17) is 0 Å².